The first kappa shape index (κ1) is 12.4. The fourth-order valence-electron chi connectivity index (χ4n) is 1.14. The molecule has 5 nitrogen and oxygen atoms in total. The van der Waals surface area contributed by atoms with Crippen LogP contribution in [-0.2, 0) is 0 Å². The van der Waals surface area contributed by atoms with Crippen molar-refractivity contribution in [2.75, 3.05) is 18.1 Å². The number of aromatic nitrogens is 3. The highest BCUT2D eigenvalue weighted by Gasteiger charge is 2.14. The Kier molecular flexibility index (Phi) is 4.50. The lowest BCUT2D eigenvalue weighted by molar-refractivity contribution is 0.298. The molecule has 0 aliphatic carbocycles. The smallest absolute Gasteiger partial charge is 0.231 e. The van der Waals surface area contributed by atoms with Crippen LogP contribution < -0.4 is 4.90 Å². The Hall–Kier alpha value is -0.650. The van der Waals surface area contributed by atoms with Gasteiger partial charge < -0.3 is 10.0 Å². The third kappa shape index (κ3) is 3.44. The average molecular weight is 251 g/mol. The second-order valence-corrected chi connectivity index (χ2v) is 3.86. The van der Waals surface area contributed by atoms with Crippen LogP contribution in [0.25, 0.3) is 0 Å². The summed E-state index contributed by atoms with van der Waals surface area (Å²) in [5.41, 5.74) is 0. The van der Waals surface area contributed by atoms with Crippen molar-refractivity contribution in [2.24, 2.45) is 0 Å². The topological polar surface area (TPSA) is 62.1 Å². The molecular formula is C8H12Cl2N4O. The van der Waals surface area contributed by atoms with Crippen molar-refractivity contribution in [3.63, 3.8) is 0 Å². The lowest BCUT2D eigenvalue weighted by Gasteiger charge is -2.25. The minimum atomic E-state index is 0.0130. The molecule has 15 heavy (non-hydrogen) atoms. The second kappa shape index (κ2) is 5.44. The molecule has 84 valence electrons. The zero-order valence-electron chi connectivity index (χ0n) is 8.48. The first-order valence-corrected chi connectivity index (χ1v) is 5.24. The Morgan fingerprint density at radius 2 is 1.73 bits per heavy atom. The van der Waals surface area contributed by atoms with Gasteiger partial charge in [-0.05, 0) is 37.0 Å². The lowest BCUT2D eigenvalue weighted by atomic mass is 10.3. The fourth-order valence-corrected chi connectivity index (χ4v) is 1.50. The Labute approximate surface area is 98.1 Å². The van der Waals surface area contributed by atoms with Gasteiger partial charge in [-0.1, -0.05) is 0 Å². The van der Waals surface area contributed by atoms with E-state index in [4.69, 9.17) is 28.3 Å². The lowest BCUT2D eigenvalue weighted by Crippen LogP contribution is -2.35. The monoisotopic (exact) mass is 250 g/mol. The molecular weight excluding hydrogens is 239 g/mol. The first-order chi connectivity index (χ1) is 7.04. The van der Waals surface area contributed by atoms with Gasteiger partial charge in [0.05, 0.1) is 6.61 Å². The van der Waals surface area contributed by atoms with Crippen molar-refractivity contribution in [2.45, 2.75) is 19.9 Å². The van der Waals surface area contributed by atoms with E-state index in [9.17, 15) is 0 Å². The van der Waals surface area contributed by atoms with Gasteiger partial charge in [0.1, 0.15) is 0 Å². The molecule has 0 atom stereocenters. The van der Waals surface area contributed by atoms with E-state index >= 15 is 0 Å². The minimum Gasteiger partial charge on any atom is -0.395 e. The highest BCUT2D eigenvalue weighted by Crippen LogP contribution is 2.15. The molecule has 7 heteroatoms. The summed E-state index contributed by atoms with van der Waals surface area (Å²) in [5, 5.41) is 9.01. The molecule has 0 bridgehead atoms. The number of halogens is 2. The number of anilines is 1. The first-order valence-electron chi connectivity index (χ1n) is 4.49. The number of rotatable bonds is 4. The third-order valence-electron chi connectivity index (χ3n) is 1.79. The molecule has 0 aliphatic heterocycles. The van der Waals surface area contributed by atoms with Crippen LogP contribution in [0.3, 0.4) is 0 Å². The highest BCUT2D eigenvalue weighted by molar-refractivity contribution is 6.31. The summed E-state index contributed by atoms with van der Waals surface area (Å²) in [7, 11) is 0. The zero-order chi connectivity index (χ0) is 11.4. The Morgan fingerprint density at radius 1 is 1.20 bits per heavy atom. The Morgan fingerprint density at radius 3 is 2.13 bits per heavy atom. The maximum Gasteiger partial charge on any atom is 0.231 e. The van der Waals surface area contributed by atoms with Gasteiger partial charge in [-0.2, -0.15) is 15.0 Å². The van der Waals surface area contributed by atoms with E-state index in [0.29, 0.717) is 12.5 Å². The standard InChI is InChI=1S/C8H12Cl2N4O/c1-5(2)14(3-4-15)8-12-6(9)11-7(10)13-8/h5,15H,3-4H2,1-2H3. The van der Waals surface area contributed by atoms with Gasteiger partial charge >= 0.3 is 0 Å². The average Bonchev–Trinajstić information content (AvgIpc) is 2.11. The molecule has 0 radical (unpaired) electrons. The predicted molar refractivity (Wildman–Crippen MR) is 59.4 cm³/mol. The molecule has 0 amide bonds. The van der Waals surface area contributed by atoms with E-state index in [1.807, 2.05) is 13.8 Å². The molecule has 0 saturated carbocycles. The van der Waals surface area contributed by atoms with Crippen molar-refractivity contribution < 1.29 is 5.11 Å². The normalized spacial score (nSPS) is 10.8. The van der Waals surface area contributed by atoms with Crippen LogP contribution in [0.2, 0.25) is 10.6 Å². The van der Waals surface area contributed by atoms with E-state index in [-0.39, 0.29) is 23.2 Å². The Bertz CT molecular complexity index is 314. The van der Waals surface area contributed by atoms with Gasteiger partial charge in [0.2, 0.25) is 16.5 Å². The van der Waals surface area contributed by atoms with Crippen LogP contribution in [0.1, 0.15) is 13.8 Å². The largest absolute Gasteiger partial charge is 0.395 e. The van der Waals surface area contributed by atoms with E-state index in [2.05, 4.69) is 15.0 Å². The zero-order valence-corrected chi connectivity index (χ0v) is 10.00. The number of aliphatic hydroxyl groups excluding tert-OH is 1. The number of hydrogen-bond acceptors (Lipinski definition) is 5. The van der Waals surface area contributed by atoms with Gasteiger partial charge in [0.25, 0.3) is 0 Å². The minimum absolute atomic E-state index is 0.0130. The van der Waals surface area contributed by atoms with Crippen molar-refractivity contribution in [1.82, 2.24) is 15.0 Å². The molecule has 0 saturated heterocycles. The summed E-state index contributed by atoms with van der Waals surface area (Å²) >= 11 is 11.3. The number of nitrogens with zero attached hydrogens (tertiary/aromatic N) is 4. The van der Waals surface area contributed by atoms with E-state index in [1.165, 1.54) is 0 Å². The molecule has 1 aromatic heterocycles. The Balaban J connectivity index is 2.99. The van der Waals surface area contributed by atoms with Crippen LogP contribution >= 0.6 is 23.2 Å². The molecule has 1 heterocycles. The van der Waals surface area contributed by atoms with Gasteiger partial charge in [-0.25, -0.2) is 0 Å². The quantitative estimate of drug-likeness (QED) is 0.875. The van der Waals surface area contributed by atoms with Crippen molar-refractivity contribution in [3.8, 4) is 0 Å². The number of aliphatic hydroxyl groups is 1. The summed E-state index contributed by atoms with van der Waals surface area (Å²) in [6, 6.07) is 0.145. The van der Waals surface area contributed by atoms with Crippen molar-refractivity contribution in [3.05, 3.63) is 10.6 Å². The summed E-state index contributed by atoms with van der Waals surface area (Å²) in [6.07, 6.45) is 0. The maximum absolute atomic E-state index is 8.91. The van der Waals surface area contributed by atoms with Crippen LogP contribution in [-0.4, -0.2) is 39.3 Å². The van der Waals surface area contributed by atoms with Crippen LogP contribution in [0.4, 0.5) is 5.95 Å². The van der Waals surface area contributed by atoms with E-state index in [0.717, 1.165) is 0 Å². The molecule has 0 fully saturated rings. The van der Waals surface area contributed by atoms with E-state index < -0.39 is 0 Å². The van der Waals surface area contributed by atoms with Crippen LogP contribution in [0, 0.1) is 0 Å². The van der Waals surface area contributed by atoms with Gasteiger partial charge in [-0.15, -0.1) is 0 Å². The molecule has 0 unspecified atom stereocenters. The summed E-state index contributed by atoms with van der Waals surface area (Å²) in [5.74, 6) is 0.379. The predicted octanol–water partition coefficient (Wildman–Crippen LogP) is 1.39. The van der Waals surface area contributed by atoms with Gasteiger partial charge in [0, 0.05) is 12.6 Å². The van der Waals surface area contributed by atoms with Crippen molar-refractivity contribution >= 4 is 29.2 Å². The second-order valence-electron chi connectivity index (χ2n) is 3.18. The highest BCUT2D eigenvalue weighted by atomic mass is 35.5. The molecule has 0 aliphatic rings. The fraction of sp³-hybridized carbons (Fsp3) is 0.625. The third-order valence-corrected chi connectivity index (χ3v) is 2.13. The SMILES string of the molecule is CC(C)N(CCO)c1nc(Cl)nc(Cl)n1. The molecule has 1 aromatic rings. The summed E-state index contributed by atoms with van der Waals surface area (Å²) < 4.78 is 0. The van der Waals surface area contributed by atoms with Gasteiger partial charge in [0.15, 0.2) is 0 Å². The molecule has 1 rings (SSSR count). The van der Waals surface area contributed by atoms with Crippen LogP contribution in [0.5, 0.6) is 0 Å². The van der Waals surface area contributed by atoms with E-state index in [1.54, 1.807) is 4.90 Å². The summed E-state index contributed by atoms with van der Waals surface area (Å²) in [6.45, 7) is 4.36. The molecule has 1 N–H and O–H groups in total. The van der Waals surface area contributed by atoms with Crippen molar-refractivity contribution in [1.29, 1.82) is 0 Å². The van der Waals surface area contributed by atoms with Gasteiger partial charge in [-0.3, -0.25) is 0 Å². The molecule has 0 aromatic carbocycles. The number of hydrogen-bond donors (Lipinski definition) is 1. The van der Waals surface area contributed by atoms with Crippen LogP contribution in [0.15, 0.2) is 0 Å². The molecule has 0 spiro atoms. The summed E-state index contributed by atoms with van der Waals surface area (Å²) in [4.78, 5) is 13.3. The maximum atomic E-state index is 8.91.